The molecule has 0 saturated carbocycles. The van der Waals surface area contributed by atoms with Crippen molar-refractivity contribution in [2.45, 2.75) is 31.6 Å². The second-order valence-electron chi connectivity index (χ2n) is 6.36. The SMILES string of the molecule is CCCN(CCC)S(=O)(=O)c1cccc(-c2csc(N/N=C/c3cccs3)n2)c1. The second-order valence-corrected chi connectivity index (χ2v) is 10.1. The smallest absolute Gasteiger partial charge is 0.243 e. The molecule has 3 aromatic rings. The third kappa shape index (κ3) is 5.51. The number of nitrogens with zero attached hydrogens (tertiary/aromatic N) is 3. The second kappa shape index (κ2) is 10.1. The average molecular weight is 449 g/mol. The summed E-state index contributed by atoms with van der Waals surface area (Å²) in [6.45, 7) is 5.01. The van der Waals surface area contributed by atoms with E-state index in [9.17, 15) is 8.42 Å². The lowest BCUT2D eigenvalue weighted by Crippen LogP contribution is -2.32. The van der Waals surface area contributed by atoms with E-state index in [0.717, 1.165) is 29.0 Å². The van der Waals surface area contributed by atoms with E-state index in [4.69, 9.17) is 0 Å². The topological polar surface area (TPSA) is 74.7 Å². The number of aromatic nitrogens is 1. The maximum absolute atomic E-state index is 13.0. The van der Waals surface area contributed by atoms with Crippen LogP contribution in [0.2, 0.25) is 0 Å². The van der Waals surface area contributed by atoms with Gasteiger partial charge in [-0.05, 0) is 36.4 Å². The lowest BCUT2D eigenvalue weighted by Gasteiger charge is -2.21. The van der Waals surface area contributed by atoms with Gasteiger partial charge in [-0.1, -0.05) is 32.0 Å². The molecule has 1 aromatic carbocycles. The number of hydrogen-bond donors (Lipinski definition) is 1. The van der Waals surface area contributed by atoms with Gasteiger partial charge in [0, 0.05) is 28.9 Å². The van der Waals surface area contributed by atoms with E-state index < -0.39 is 10.0 Å². The third-order valence-corrected chi connectivity index (χ3v) is 7.56. The predicted octanol–water partition coefficient (Wildman–Crippen LogP) is 5.13. The monoisotopic (exact) mass is 448 g/mol. The molecule has 0 saturated heterocycles. The van der Waals surface area contributed by atoms with Gasteiger partial charge in [0.25, 0.3) is 0 Å². The van der Waals surface area contributed by atoms with Crippen molar-refractivity contribution >= 4 is 44.0 Å². The number of sulfonamides is 1. The Morgan fingerprint density at radius 1 is 1.14 bits per heavy atom. The fourth-order valence-electron chi connectivity index (χ4n) is 2.79. The molecule has 1 N–H and O–H groups in total. The van der Waals surface area contributed by atoms with E-state index in [1.54, 1.807) is 40.1 Å². The highest BCUT2D eigenvalue weighted by Gasteiger charge is 2.23. The summed E-state index contributed by atoms with van der Waals surface area (Å²) in [5.74, 6) is 0. The molecule has 0 atom stereocenters. The lowest BCUT2D eigenvalue weighted by molar-refractivity contribution is 0.410. The quantitative estimate of drug-likeness (QED) is 0.345. The van der Waals surface area contributed by atoms with Gasteiger partial charge in [-0.25, -0.2) is 13.4 Å². The zero-order valence-electron chi connectivity index (χ0n) is 16.4. The van der Waals surface area contributed by atoms with Crippen molar-refractivity contribution in [3.63, 3.8) is 0 Å². The van der Waals surface area contributed by atoms with Gasteiger partial charge in [0.05, 0.1) is 16.8 Å². The number of rotatable bonds is 10. The minimum atomic E-state index is -3.52. The predicted molar refractivity (Wildman–Crippen MR) is 122 cm³/mol. The first-order valence-electron chi connectivity index (χ1n) is 9.43. The molecule has 0 aliphatic heterocycles. The molecule has 3 rings (SSSR count). The van der Waals surface area contributed by atoms with E-state index in [1.807, 2.05) is 42.8 Å². The Balaban J connectivity index is 1.78. The fraction of sp³-hybridized carbons (Fsp3) is 0.300. The largest absolute Gasteiger partial charge is 0.253 e. The molecule has 29 heavy (non-hydrogen) atoms. The molecule has 0 amide bonds. The summed E-state index contributed by atoms with van der Waals surface area (Å²) in [4.78, 5) is 5.88. The van der Waals surface area contributed by atoms with Crippen LogP contribution in [0.3, 0.4) is 0 Å². The highest BCUT2D eigenvalue weighted by molar-refractivity contribution is 7.89. The van der Waals surface area contributed by atoms with Crippen molar-refractivity contribution in [1.82, 2.24) is 9.29 Å². The zero-order chi connectivity index (χ0) is 20.7. The van der Waals surface area contributed by atoms with Gasteiger partial charge in [-0.2, -0.15) is 9.41 Å². The molecule has 0 bridgehead atoms. The van der Waals surface area contributed by atoms with Crippen LogP contribution in [0, 0.1) is 0 Å². The molecule has 9 heteroatoms. The molecule has 0 aliphatic rings. The minimum Gasteiger partial charge on any atom is -0.253 e. The van der Waals surface area contributed by atoms with E-state index in [2.05, 4.69) is 15.5 Å². The summed E-state index contributed by atoms with van der Waals surface area (Å²) >= 11 is 3.03. The first-order valence-corrected chi connectivity index (χ1v) is 12.6. The molecule has 0 unspecified atom stereocenters. The Hall–Kier alpha value is -2.07. The number of hydrazone groups is 1. The molecule has 0 radical (unpaired) electrons. The molecule has 0 aliphatic carbocycles. The van der Waals surface area contributed by atoms with Gasteiger partial charge < -0.3 is 0 Å². The summed E-state index contributed by atoms with van der Waals surface area (Å²) < 4.78 is 27.6. The zero-order valence-corrected chi connectivity index (χ0v) is 18.9. The summed E-state index contributed by atoms with van der Waals surface area (Å²) in [6, 6.07) is 10.9. The van der Waals surface area contributed by atoms with E-state index in [0.29, 0.717) is 23.1 Å². The molecule has 2 aromatic heterocycles. The number of nitrogens with one attached hydrogen (secondary N) is 1. The highest BCUT2D eigenvalue weighted by atomic mass is 32.2. The normalized spacial score (nSPS) is 12.1. The average Bonchev–Trinajstić information content (AvgIpc) is 3.40. The maximum Gasteiger partial charge on any atom is 0.243 e. The van der Waals surface area contributed by atoms with Gasteiger partial charge in [-0.3, -0.25) is 5.43 Å². The van der Waals surface area contributed by atoms with E-state index >= 15 is 0 Å². The summed E-state index contributed by atoms with van der Waals surface area (Å²) in [6.07, 6.45) is 3.31. The third-order valence-electron chi connectivity index (χ3n) is 4.11. The van der Waals surface area contributed by atoms with Gasteiger partial charge in [0.2, 0.25) is 15.2 Å². The molecule has 0 spiro atoms. The first kappa shape index (κ1) is 21.6. The van der Waals surface area contributed by atoms with Gasteiger partial charge in [-0.15, -0.1) is 22.7 Å². The fourth-order valence-corrected chi connectivity index (χ4v) is 5.71. The summed E-state index contributed by atoms with van der Waals surface area (Å²) in [5, 5.41) is 8.73. The van der Waals surface area contributed by atoms with E-state index in [-0.39, 0.29) is 0 Å². The number of benzene rings is 1. The summed E-state index contributed by atoms with van der Waals surface area (Å²) in [5.41, 5.74) is 4.42. The Bertz CT molecular complexity index is 1040. The van der Waals surface area contributed by atoms with Crippen LogP contribution in [-0.2, 0) is 10.0 Å². The Morgan fingerprint density at radius 3 is 2.62 bits per heavy atom. The number of thiophene rings is 1. The van der Waals surface area contributed by atoms with Crippen LogP contribution in [0.1, 0.15) is 31.6 Å². The van der Waals surface area contributed by atoms with Crippen LogP contribution < -0.4 is 5.43 Å². The first-order chi connectivity index (χ1) is 14.0. The molecule has 2 heterocycles. The van der Waals surface area contributed by atoms with Crippen molar-refractivity contribution in [3.05, 3.63) is 52.0 Å². The number of hydrogen-bond acceptors (Lipinski definition) is 7. The van der Waals surface area contributed by atoms with Crippen LogP contribution in [-0.4, -0.2) is 37.0 Å². The van der Waals surface area contributed by atoms with E-state index in [1.165, 1.54) is 11.3 Å². The molecule has 154 valence electrons. The van der Waals surface area contributed by atoms with Crippen molar-refractivity contribution in [3.8, 4) is 11.3 Å². The van der Waals surface area contributed by atoms with Gasteiger partial charge in [0.15, 0.2) is 0 Å². The lowest BCUT2D eigenvalue weighted by atomic mass is 10.2. The van der Waals surface area contributed by atoms with Crippen LogP contribution in [0.15, 0.2) is 57.2 Å². The van der Waals surface area contributed by atoms with Crippen LogP contribution >= 0.6 is 22.7 Å². The maximum atomic E-state index is 13.0. The molecular weight excluding hydrogens is 424 g/mol. The van der Waals surface area contributed by atoms with Crippen LogP contribution in [0.25, 0.3) is 11.3 Å². The highest BCUT2D eigenvalue weighted by Crippen LogP contribution is 2.28. The number of anilines is 1. The van der Waals surface area contributed by atoms with Crippen molar-refractivity contribution in [1.29, 1.82) is 0 Å². The van der Waals surface area contributed by atoms with Gasteiger partial charge in [0.1, 0.15) is 0 Å². The number of thiazole rings is 1. The van der Waals surface area contributed by atoms with Crippen LogP contribution in [0.5, 0.6) is 0 Å². The minimum absolute atomic E-state index is 0.301. The van der Waals surface area contributed by atoms with Crippen molar-refractivity contribution in [2.24, 2.45) is 5.10 Å². The van der Waals surface area contributed by atoms with Crippen molar-refractivity contribution < 1.29 is 8.42 Å². The Kier molecular flexibility index (Phi) is 7.54. The molecular formula is C20H24N4O2S3. The van der Waals surface area contributed by atoms with Crippen molar-refractivity contribution in [2.75, 3.05) is 18.5 Å². The van der Waals surface area contributed by atoms with Crippen LogP contribution in [0.4, 0.5) is 5.13 Å². The Morgan fingerprint density at radius 2 is 1.93 bits per heavy atom. The molecule has 6 nitrogen and oxygen atoms in total. The summed E-state index contributed by atoms with van der Waals surface area (Å²) in [7, 11) is -3.52. The van der Waals surface area contributed by atoms with Gasteiger partial charge >= 0.3 is 0 Å². The Labute approximate surface area is 180 Å². The standard InChI is InChI=1S/C20H24N4O2S3/c1-3-10-24(11-4-2)29(25,26)18-9-5-7-16(13-18)19-15-28-20(22-19)23-21-14-17-8-6-12-27-17/h5-9,12-15H,3-4,10-11H2,1-2H3,(H,22,23)/b21-14+. The molecule has 0 fully saturated rings.